The molecule has 0 radical (unpaired) electrons. The van der Waals surface area contributed by atoms with Gasteiger partial charge in [-0.15, -0.1) is 0 Å². The van der Waals surface area contributed by atoms with Crippen molar-refractivity contribution in [2.75, 3.05) is 31.2 Å². The van der Waals surface area contributed by atoms with Crippen LogP contribution < -0.4 is 10.6 Å². The van der Waals surface area contributed by atoms with Crippen molar-refractivity contribution in [3.63, 3.8) is 0 Å². The summed E-state index contributed by atoms with van der Waals surface area (Å²) in [7, 11) is 0. The van der Waals surface area contributed by atoms with E-state index in [1.807, 2.05) is 13.0 Å². The van der Waals surface area contributed by atoms with E-state index in [0.29, 0.717) is 31.6 Å². The summed E-state index contributed by atoms with van der Waals surface area (Å²) in [6.07, 6.45) is 3.96. The Morgan fingerprint density at radius 2 is 1.87 bits per heavy atom. The number of hydrogen-bond donors (Lipinski definition) is 3. The standard InChI is InChI=1S/C28H31F3N4O3/c1-16-13-35(14-23(32)27(16)36)24-6-8-33-12-17(24)2-3-19-4-5-20(29)26(34-19)25-21(30)10-18(11-22(25)31)28(37)7-9-38-15-28/h4-6,8,10-12,16,23,27,36-37H,2-3,7,9,13-15,32H2,1H3/t16-,23+,27+,28?/m0/s1. The van der Waals surface area contributed by atoms with Gasteiger partial charge in [0, 0.05) is 61.9 Å². The molecule has 202 valence electrons. The number of halogens is 3. The van der Waals surface area contributed by atoms with Gasteiger partial charge in [0.2, 0.25) is 0 Å². The fourth-order valence-electron chi connectivity index (χ4n) is 5.34. The fraction of sp³-hybridized carbons (Fsp3) is 0.429. The van der Waals surface area contributed by atoms with Gasteiger partial charge in [0.25, 0.3) is 0 Å². The van der Waals surface area contributed by atoms with E-state index in [4.69, 9.17) is 10.5 Å². The van der Waals surface area contributed by atoms with Crippen LogP contribution in [-0.2, 0) is 23.2 Å². The summed E-state index contributed by atoms with van der Waals surface area (Å²) < 4.78 is 50.1. The fourth-order valence-corrected chi connectivity index (χ4v) is 5.34. The number of aryl methyl sites for hydroxylation is 2. The van der Waals surface area contributed by atoms with E-state index in [0.717, 1.165) is 29.4 Å². The number of ether oxygens (including phenoxy) is 1. The van der Waals surface area contributed by atoms with Gasteiger partial charge >= 0.3 is 0 Å². The average Bonchev–Trinajstić information content (AvgIpc) is 3.34. The maximum atomic E-state index is 15.1. The van der Waals surface area contributed by atoms with Gasteiger partial charge in [-0.25, -0.2) is 18.2 Å². The number of piperidine rings is 1. The Bertz CT molecular complexity index is 1280. The van der Waals surface area contributed by atoms with Gasteiger partial charge in [-0.3, -0.25) is 4.98 Å². The minimum atomic E-state index is -1.48. The molecule has 38 heavy (non-hydrogen) atoms. The molecule has 1 aromatic carbocycles. The second-order valence-electron chi connectivity index (χ2n) is 10.3. The van der Waals surface area contributed by atoms with E-state index in [1.54, 1.807) is 12.4 Å². The molecule has 4 heterocycles. The first-order chi connectivity index (χ1) is 18.2. The zero-order valence-corrected chi connectivity index (χ0v) is 21.1. The lowest BCUT2D eigenvalue weighted by atomic mass is 9.91. The first-order valence-corrected chi connectivity index (χ1v) is 12.7. The van der Waals surface area contributed by atoms with Crippen LogP contribution in [0, 0.1) is 23.4 Å². The molecule has 4 N–H and O–H groups in total. The first kappa shape index (κ1) is 26.6. The molecule has 2 aliphatic heterocycles. The third kappa shape index (κ3) is 5.13. The normalized spacial score (nSPS) is 25.7. The number of benzene rings is 1. The third-order valence-electron chi connectivity index (χ3n) is 7.55. The van der Waals surface area contributed by atoms with Crippen molar-refractivity contribution in [2.45, 2.75) is 43.9 Å². The number of nitrogens with two attached hydrogens (primary N) is 1. The molecule has 0 aliphatic carbocycles. The lowest BCUT2D eigenvalue weighted by Gasteiger charge is -2.40. The van der Waals surface area contributed by atoms with Crippen LogP contribution in [0.4, 0.5) is 18.9 Å². The van der Waals surface area contributed by atoms with Gasteiger partial charge in [-0.05, 0) is 54.3 Å². The smallest absolute Gasteiger partial charge is 0.149 e. The minimum Gasteiger partial charge on any atom is -0.391 e. The van der Waals surface area contributed by atoms with E-state index in [2.05, 4.69) is 14.9 Å². The monoisotopic (exact) mass is 528 g/mol. The van der Waals surface area contributed by atoms with Crippen LogP contribution in [0.1, 0.15) is 30.2 Å². The highest BCUT2D eigenvalue weighted by molar-refractivity contribution is 5.63. The molecular weight excluding hydrogens is 497 g/mol. The molecule has 0 amide bonds. The summed E-state index contributed by atoms with van der Waals surface area (Å²) >= 11 is 0. The highest BCUT2D eigenvalue weighted by Crippen LogP contribution is 2.35. The highest BCUT2D eigenvalue weighted by atomic mass is 19.1. The van der Waals surface area contributed by atoms with Gasteiger partial charge < -0.3 is 25.6 Å². The van der Waals surface area contributed by atoms with Crippen molar-refractivity contribution in [1.82, 2.24) is 9.97 Å². The summed E-state index contributed by atoms with van der Waals surface area (Å²) in [5, 5.41) is 20.9. The first-order valence-electron chi connectivity index (χ1n) is 12.7. The van der Waals surface area contributed by atoms with Gasteiger partial charge in [0.1, 0.15) is 28.7 Å². The third-order valence-corrected chi connectivity index (χ3v) is 7.55. The van der Waals surface area contributed by atoms with Crippen LogP contribution in [0.15, 0.2) is 42.7 Å². The van der Waals surface area contributed by atoms with Crippen molar-refractivity contribution in [3.8, 4) is 11.3 Å². The van der Waals surface area contributed by atoms with E-state index < -0.39 is 40.4 Å². The summed E-state index contributed by atoms with van der Waals surface area (Å²) in [6.45, 7) is 3.31. The number of aliphatic hydroxyl groups excluding tert-OH is 1. The van der Waals surface area contributed by atoms with E-state index in [1.165, 1.54) is 6.07 Å². The molecule has 10 heteroatoms. The molecule has 0 bridgehead atoms. The van der Waals surface area contributed by atoms with Crippen molar-refractivity contribution < 1.29 is 28.1 Å². The van der Waals surface area contributed by atoms with Crippen LogP contribution in [0.2, 0.25) is 0 Å². The molecule has 0 spiro atoms. The molecule has 2 fully saturated rings. The summed E-state index contributed by atoms with van der Waals surface area (Å²) in [6, 6.07) is 6.20. The average molecular weight is 529 g/mol. The molecule has 2 saturated heterocycles. The minimum absolute atomic E-state index is 0.000762. The van der Waals surface area contributed by atoms with Crippen LogP contribution in [0.25, 0.3) is 11.3 Å². The van der Waals surface area contributed by atoms with Crippen LogP contribution in [0.5, 0.6) is 0 Å². The van der Waals surface area contributed by atoms with Crippen molar-refractivity contribution in [1.29, 1.82) is 0 Å². The molecule has 2 aliphatic rings. The molecular formula is C28H31F3N4O3. The van der Waals surface area contributed by atoms with Crippen LogP contribution in [-0.4, -0.2) is 58.6 Å². The number of rotatable bonds is 6. The summed E-state index contributed by atoms with van der Waals surface area (Å²) in [5.74, 6) is -2.86. The topological polar surface area (TPSA) is 105 Å². The van der Waals surface area contributed by atoms with E-state index >= 15 is 8.78 Å². The molecule has 4 atom stereocenters. The zero-order valence-electron chi connectivity index (χ0n) is 21.1. The number of nitrogens with zero attached hydrogens (tertiary/aromatic N) is 3. The number of aliphatic hydroxyl groups is 2. The predicted molar refractivity (Wildman–Crippen MR) is 136 cm³/mol. The number of aromatic nitrogens is 2. The second-order valence-corrected chi connectivity index (χ2v) is 10.3. The van der Waals surface area contributed by atoms with Gasteiger partial charge in [-0.2, -0.15) is 0 Å². The molecule has 0 saturated carbocycles. The number of hydrogen-bond acceptors (Lipinski definition) is 7. The Morgan fingerprint density at radius 1 is 1.11 bits per heavy atom. The maximum absolute atomic E-state index is 15.1. The van der Waals surface area contributed by atoms with E-state index in [-0.39, 0.29) is 37.2 Å². The van der Waals surface area contributed by atoms with Crippen molar-refractivity contribution in [2.24, 2.45) is 11.7 Å². The highest BCUT2D eigenvalue weighted by Gasteiger charge is 2.36. The van der Waals surface area contributed by atoms with Crippen LogP contribution in [0.3, 0.4) is 0 Å². The van der Waals surface area contributed by atoms with Gasteiger partial charge in [-0.1, -0.05) is 6.92 Å². The largest absolute Gasteiger partial charge is 0.391 e. The van der Waals surface area contributed by atoms with Crippen molar-refractivity contribution in [3.05, 3.63) is 77.0 Å². The Hall–Kier alpha value is -3.05. The number of anilines is 1. The Kier molecular flexibility index (Phi) is 7.41. The second kappa shape index (κ2) is 10.6. The predicted octanol–water partition coefficient (Wildman–Crippen LogP) is 3.10. The Labute approximate surface area is 219 Å². The molecule has 1 unspecified atom stereocenters. The Balaban J connectivity index is 1.38. The zero-order chi connectivity index (χ0) is 27.0. The molecule has 7 nitrogen and oxygen atoms in total. The summed E-state index contributed by atoms with van der Waals surface area (Å²) in [5.41, 5.74) is 6.03. The van der Waals surface area contributed by atoms with E-state index in [9.17, 15) is 14.6 Å². The maximum Gasteiger partial charge on any atom is 0.149 e. The Morgan fingerprint density at radius 3 is 2.55 bits per heavy atom. The lowest BCUT2D eigenvalue weighted by molar-refractivity contribution is 0.0227. The summed E-state index contributed by atoms with van der Waals surface area (Å²) in [4.78, 5) is 10.6. The molecule has 3 aromatic rings. The number of pyridine rings is 2. The van der Waals surface area contributed by atoms with Crippen LogP contribution >= 0.6 is 0 Å². The lowest BCUT2D eigenvalue weighted by Crippen LogP contribution is -2.55. The SMILES string of the molecule is C[C@H]1CN(c2ccncc2CCc2ccc(F)c(-c3c(F)cc(C4(O)CCOC4)cc3F)n2)C[C@@H](N)[C@@H]1O. The van der Waals surface area contributed by atoms with Gasteiger partial charge in [0.15, 0.2) is 0 Å². The molecule has 5 rings (SSSR count). The molecule has 2 aromatic heterocycles. The van der Waals surface area contributed by atoms with Gasteiger partial charge in [0.05, 0.1) is 18.3 Å². The van der Waals surface area contributed by atoms with Crippen molar-refractivity contribution >= 4 is 5.69 Å². The quantitative estimate of drug-likeness (QED) is 0.452.